The van der Waals surface area contributed by atoms with E-state index in [9.17, 15) is 14.4 Å². The molecule has 360 valence electrons. The fraction of sp³-hybridized carbons (Fsp3) is 0.429. The van der Waals surface area contributed by atoms with Gasteiger partial charge in [0.25, 0.3) is 0 Å². The molecule has 1 aliphatic rings. The zero-order valence-corrected chi connectivity index (χ0v) is 43.9. The van der Waals surface area contributed by atoms with Crippen LogP contribution in [0.3, 0.4) is 0 Å². The monoisotopic (exact) mass is 1010 g/mol. The summed E-state index contributed by atoms with van der Waals surface area (Å²) in [7, 11) is -0.462. The lowest BCUT2D eigenvalue weighted by atomic mass is 9.79. The minimum atomic E-state index is -0.572. The first kappa shape index (κ1) is 51.7. The van der Waals surface area contributed by atoms with E-state index in [-0.39, 0.29) is 5.28 Å². The van der Waals surface area contributed by atoms with E-state index in [0.717, 1.165) is 26.5 Å². The number of rotatable bonds is 2. The van der Waals surface area contributed by atoms with Crippen molar-refractivity contribution in [1.29, 1.82) is 0 Å². The molecule has 1 saturated heterocycles. The van der Waals surface area contributed by atoms with E-state index in [1.807, 2.05) is 145 Å². The van der Waals surface area contributed by atoms with Crippen LogP contribution >= 0.6 is 27.5 Å². The first-order chi connectivity index (χ1) is 31.3. The van der Waals surface area contributed by atoms with Crippen LogP contribution in [0.1, 0.15) is 107 Å². The third kappa shape index (κ3) is 11.9. The van der Waals surface area contributed by atoms with Crippen molar-refractivity contribution in [3.8, 4) is 11.3 Å². The molecule has 0 unspecified atom stereocenters. The average molecular weight is 1010 g/mol. The zero-order chi connectivity index (χ0) is 50.5. The van der Waals surface area contributed by atoms with E-state index < -0.39 is 53.4 Å². The SMILES string of the molecule is Cc1nc2cc(-c3ccnc(Cl)n3)ccc2n1C(=O)OC(C)(C)C.Cc1nc2cc(B3OC(C)(C)C(C)(C)O3)ccc2n1C(=O)OC(C)(C)C.Cc1nc2cc(Br)ccc2n1C(=O)OC(C)(C)C. The molecular weight excluding hydrogens is 955 g/mol. The molecule has 0 radical (unpaired) electrons. The maximum atomic E-state index is 12.5. The van der Waals surface area contributed by atoms with Crippen molar-refractivity contribution in [2.24, 2.45) is 0 Å². The lowest BCUT2D eigenvalue weighted by Crippen LogP contribution is -2.41. The molecule has 1 fully saturated rings. The van der Waals surface area contributed by atoms with Gasteiger partial charge >= 0.3 is 25.4 Å². The van der Waals surface area contributed by atoms with Gasteiger partial charge in [-0.3, -0.25) is 0 Å². The van der Waals surface area contributed by atoms with Gasteiger partial charge in [0, 0.05) is 16.2 Å². The Bertz CT molecular complexity index is 3030. The van der Waals surface area contributed by atoms with Gasteiger partial charge in [-0.15, -0.1) is 0 Å². The smallest absolute Gasteiger partial charge is 0.443 e. The highest BCUT2D eigenvalue weighted by molar-refractivity contribution is 9.10. The minimum absolute atomic E-state index is 0.183. The number of carbonyl (C=O) groups excluding carboxylic acids is 3. The highest BCUT2D eigenvalue weighted by Crippen LogP contribution is 2.37. The number of hydrogen-bond donors (Lipinski definition) is 0. The summed E-state index contributed by atoms with van der Waals surface area (Å²) in [5, 5.41) is 0.183. The quantitative estimate of drug-likeness (QED) is 0.0909. The lowest BCUT2D eigenvalue weighted by Gasteiger charge is -2.32. The third-order valence-corrected chi connectivity index (χ3v) is 11.3. The van der Waals surface area contributed by atoms with Crippen LogP contribution in [0.25, 0.3) is 44.4 Å². The molecule has 16 nitrogen and oxygen atoms in total. The second-order valence-electron chi connectivity index (χ2n) is 20.3. The molecule has 0 atom stereocenters. The van der Waals surface area contributed by atoms with Gasteiger partial charge in [-0.2, -0.15) is 0 Å². The molecule has 0 saturated carbocycles. The number of aromatic nitrogens is 8. The molecule has 7 aromatic rings. The molecule has 68 heavy (non-hydrogen) atoms. The Morgan fingerprint density at radius 1 is 0.588 bits per heavy atom. The van der Waals surface area contributed by atoms with Gasteiger partial charge in [-0.1, -0.05) is 28.1 Å². The molecule has 5 heterocycles. The Hall–Kier alpha value is -5.69. The van der Waals surface area contributed by atoms with E-state index in [0.29, 0.717) is 45.2 Å². The second kappa shape index (κ2) is 19.0. The number of hydrogen-bond acceptors (Lipinski definition) is 13. The molecule has 3 aromatic carbocycles. The summed E-state index contributed by atoms with van der Waals surface area (Å²) in [6, 6.07) is 18.6. The maximum absolute atomic E-state index is 12.5. The van der Waals surface area contributed by atoms with Gasteiger partial charge in [-0.25, -0.2) is 53.0 Å². The first-order valence-electron chi connectivity index (χ1n) is 22.0. The summed E-state index contributed by atoms with van der Waals surface area (Å²) < 4.78 is 33.9. The highest BCUT2D eigenvalue weighted by atomic mass is 79.9. The number of aryl methyl sites for hydroxylation is 3. The molecule has 0 amide bonds. The van der Waals surface area contributed by atoms with Crippen LogP contribution in [-0.2, 0) is 23.5 Å². The van der Waals surface area contributed by atoms with Crippen molar-refractivity contribution in [1.82, 2.24) is 38.6 Å². The number of fused-ring (bicyclic) bond motifs is 3. The molecule has 19 heteroatoms. The summed E-state index contributed by atoms with van der Waals surface area (Å²) in [5.74, 6) is 1.77. The molecule has 0 bridgehead atoms. The van der Waals surface area contributed by atoms with Gasteiger partial charge in [0.2, 0.25) is 5.28 Å². The normalized spacial score (nSPS) is 14.6. The highest BCUT2D eigenvalue weighted by Gasteiger charge is 2.51. The van der Waals surface area contributed by atoms with Crippen LogP contribution < -0.4 is 5.46 Å². The lowest BCUT2D eigenvalue weighted by molar-refractivity contribution is 0.00578. The van der Waals surface area contributed by atoms with Crippen LogP contribution in [0.15, 0.2) is 71.3 Å². The van der Waals surface area contributed by atoms with E-state index in [1.54, 1.807) is 33.0 Å². The van der Waals surface area contributed by atoms with Crippen molar-refractivity contribution in [2.45, 2.75) is 139 Å². The first-order valence-corrected chi connectivity index (χ1v) is 23.2. The van der Waals surface area contributed by atoms with Crippen molar-refractivity contribution < 1.29 is 37.9 Å². The predicted octanol–water partition coefficient (Wildman–Crippen LogP) is 11.6. The Morgan fingerprint density at radius 2 is 0.985 bits per heavy atom. The Labute approximate surface area is 410 Å². The van der Waals surface area contributed by atoms with Crippen LogP contribution in [0, 0.1) is 20.8 Å². The number of benzene rings is 3. The summed E-state index contributed by atoms with van der Waals surface area (Å²) >= 11 is 9.23. The fourth-order valence-electron chi connectivity index (χ4n) is 6.99. The van der Waals surface area contributed by atoms with E-state index in [2.05, 4.69) is 40.8 Å². The second-order valence-corrected chi connectivity index (χ2v) is 21.6. The van der Waals surface area contributed by atoms with Gasteiger partial charge in [0.15, 0.2) is 0 Å². The molecule has 4 aromatic heterocycles. The Kier molecular flexibility index (Phi) is 14.5. The van der Waals surface area contributed by atoms with Crippen LogP contribution in [0.4, 0.5) is 14.4 Å². The number of imidazole rings is 3. The topological polar surface area (TPSA) is 177 Å². The largest absolute Gasteiger partial charge is 0.494 e. The molecule has 0 spiro atoms. The fourth-order valence-corrected chi connectivity index (χ4v) is 7.48. The standard InChI is InChI=1S/C19H27BN2O4.C17H17ClN4O2.C13H15BrN2O2/c1-12-21-14-11-13(20-25-18(5,6)19(7,8)26-20)9-10-15(14)22(12)16(23)24-17(2,3)4;1-10-20-13-9-11(12-7-8-19-15(18)21-12)5-6-14(13)22(10)16(23)24-17(2,3)4;1-8-15-10-7-9(14)5-6-11(10)16(8)12(17)18-13(2,3)4/h9-11H,1-8H3;5-9H,1-4H3;5-7H,1-4H3. The molecule has 0 N–H and O–H groups in total. The van der Waals surface area contributed by atoms with Crippen molar-refractivity contribution in [3.63, 3.8) is 0 Å². The summed E-state index contributed by atoms with van der Waals surface area (Å²) in [5.41, 5.74) is 4.27. The predicted molar refractivity (Wildman–Crippen MR) is 268 cm³/mol. The van der Waals surface area contributed by atoms with Gasteiger partial charge in [0.1, 0.15) is 34.3 Å². The van der Waals surface area contributed by atoms with Gasteiger partial charge < -0.3 is 23.5 Å². The minimum Gasteiger partial charge on any atom is -0.443 e. The van der Waals surface area contributed by atoms with E-state index in [4.69, 9.17) is 35.1 Å². The molecular formula is C49H59BBrClN8O8. The average Bonchev–Trinajstić information content (AvgIpc) is 3.88. The molecule has 0 aliphatic carbocycles. The number of carbonyl (C=O) groups is 3. The molecule has 8 rings (SSSR count). The zero-order valence-electron chi connectivity index (χ0n) is 41.5. The summed E-state index contributed by atoms with van der Waals surface area (Å²) in [6.45, 7) is 30.0. The number of nitrogens with zero attached hydrogens (tertiary/aromatic N) is 8. The van der Waals surface area contributed by atoms with Crippen molar-refractivity contribution in [2.75, 3.05) is 0 Å². The van der Waals surface area contributed by atoms with E-state index >= 15 is 0 Å². The van der Waals surface area contributed by atoms with Crippen LogP contribution in [-0.4, -0.2) is 92.0 Å². The number of halogens is 2. The number of ether oxygens (including phenoxy) is 3. The third-order valence-electron chi connectivity index (χ3n) is 10.6. The van der Waals surface area contributed by atoms with Crippen molar-refractivity contribution in [3.05, 3.63) is 94.1 Å². The maximum Gasteiger partial charge on any atom is 0.494 e. The van der Waals surface area contributed by atoms with Gasteiger partial charge in [-0.05, 0) is 176 Å². The summed E-state index contributed by atoms with van der Waals surface area (Å²) in [6.07, 6.45) is 0.324. The Morgan fingerprint density at radius 3 is 1.41 bits per heavy atom. The Balaban J connectivity index is 0.000000171. The van der Waals surface area contributed by atoms with E-state index in [1.165, 1.54) is 13.7 Å². The van der Waals surface area contributed by atoms with Gasteiger partial charge in [0.05, 0.1) is 50.0 Å². The summed E-state index contributed by atoms with van der Waals surface area (Å²) in [4.78, 5) is 58.5. The van der Waals surface area contributed by atoms with Crippen molar-refractivity contribution >= 4 is 91.5 Å². The van der Waals surface area contributed by atoms with Crippen LogP contribution in [0.2, 0.25) is 5.28 Å². The molecule has 1 aliphatic heterocycles. The van der Waals surface area contributed by atoms with Crippen LogP contribution in [0.5, 0.6) is 0 Å².